The number of amides is 1. The molecule has 158 valence electrons. The molecule has 0 atom stereocenters. The highest BCUT2D eigenvalue weighted by atomic mass is 32.1. The van der Waals surface area contributed by atoms with Crippen molar-refractivity contribution in [3.05, 3.63) is 75.0 Å². The Bertz CT molecular complexity index is 1360. The van der Waals surface area contributed by atoms with Crippen molar-refractivity contribution in [2.75, 3.05) is 19.5 Å². The Labute approximate surface area is 182 Å². The Kier molecular flexibility index (Phi) is 5.48. The summed E-state index contributed by atoms with van der Waals surface area (Å²) in [6.07, 6.45) is 1.32. The van der Waals surface area contributed by atoms with Gasteiger partial charge in [0.1, 0.15) is 17.1 Å². The van der Waals surface area contributed by atoms with Gasteiger partial charge >= 0.3 is 0 Å². The Morgan fingerprint density at radius 2 is 1.87 bits per heavy atom. The van der Waals surface area contributed by atoms with Crippen LogP contribution in [0, 0.1) is 13.8 Å². The normalized spacial score (nSPS) is 10.8. The number of nitrogens with zero attached hydrogens (tertiary/aromatic N) is 2. The molecule has 2 aromatic carbocycles. The maximum atomic E-state index is 13.3. The summed E-state index contributed by atoms with van der Waals surface area (Å²) in [7, 11) is 3.13. The Morgan fingerprint density at radius 3 is 2.58 bits per heavy atom. The first-order valence-corrected chi connectivity index (χ1v) is 10.4. The van der Waals surface area contributed by atoms with Gasteiger partial charge in [-0.25, -0.2) is 4.98 Å². The number of hydrogen-bond acceptors (Lipinski definition) is 6. The van der Waals surface area contributed by atoms with Gasteiger partial charge in [-0.3, -0.25) is 14.0 Å². The maximum Gasteiger partial charge on any atom is 0.271 e. The van der Waals surface area contributed by atoms with E-state index in [1.807, 2.05) is 31.4 Å². The van der Waals surface area contributed by atoms with Crippen LogP contribution < -0.4 is 20.3 Å². The lowest BCUT2D eigenvalue weighted by Gasteiger charge is -2.11. The average Bonchev–Trinajstić information content (AvgIpc) is 3.21. The van der Waals surface area contributed by atoms with E-state index in [0.29, 0.717) is 33.4 Å². The molecule has 31 heavy (non-hydrogen) atoms. The second kappa shape index (κ2) is 8.23. The topological polar surface area (TPSA) is 81.9 Å². The number of methoxy groups -OCH3 is 2. The van der Waals surface area contributed by atoms with Crippen LogP contribution in [0.4, 0.5) is 5.69 Å². The van der Waals surface area contributed by atoms with Gasteiger partial charge in [0.2, 0.25) is 0 Å². The third kappa shape index (κ3) is 3.77. The van der Waals surface area contributed by atoms with Crippen molar-refractivity contribution in [1.29, 1.82) is 0 Å². The first-order valence-electron chi connectivity index (χ1n) is 9.53. The van der Waals surface area contributed by atoms with Crippen LogP contribution in [0.5, 0.6) is 11.5 Å². The first kappa shape index (κ1) is 20.6. The number of aryl methyl sites for hydroxylation is 2. The molecule has 2 heterocycles. The van der Waals surface area contributed by atoms with Gasteiger partial charge in [-0.05, 0) is 55.3 Å². The monoisotopic (exact) mass is 435 g/mol. The second-order valence-electron chi connectivity index (χ2n) is 7.04. The fourth-order valence-corrected chi connectivity index (χ4v) is 4.12. The van der Waals surface area contributed by atoms with Crippen molar-refractivity contribution in [3.63, 3.8) is 0 Å². The van der Waals surface area contributed by atoms with Gasteiger partial charge in [0.15, 0.2) is 4.96 Å². The van der Waals surface area contributed by atoms with E-state index in [9.17, 15) is 9.59 Å². The molecule has 0 spiro atoms. The van der Waals surface area contributed by atoms with Gasteiger partial charge in [-0.2, -0.15) is 0 Å². The minimum absolute atomic E-state index is 0.0442. The highest BCUT2D eigenvalue weighted by Gasteiger charge is 2.19. The number of ether oxygens (including phenoxy) is 2. The van der Waals surface area contributed by atoms with Gasteiger partial charge in [0, 0.05) is 22.8 Å². The molecule has 4 aromatic rings. The maximum absolute atomic E-state index is 13.3. The van der Waals surface area contributed by atoms with Gasteiger partial charge in [0.05, 0.1) is 19.9 Å². The van der Waals surface area contributed by atoms with Crippen LogP contribution in [0.1, 0.15) is 21.5 Å². The third-order valence-corrected chi connectivity index (χ3v) is 5.98. The lowest BCUT2D eigenvalue weighted by Crippen LogP contribution is -2.26. The summed E-state index contributed by atoms with van der Waals surface area (Å²) in [5, 5.41) is 4.60. The van der Waals surface area contributed by atoms with E-state index in [1.165, 1.54) is 21.9 Å². The zero-order valence-electron chi connectivity index (χ0n) is 17.6. The summed E-state index contributed by atoms with van der Waals surface area (Å²) in [6, 6.07) is 10.9. The number of anilines is 1. The molecule has 0 aliphatic heterocycles. The Morgan fingerprint density at radius 1 is 1.06 bits per heavy atom. The first-order chi connectivity index (χ1) is 14.9. The molecular weight excluding hydrogens is 414 g/mol. The van der Waals surface area contributed by atoms with E-state index >= 15 is 0 Å². The fourth-order valence-electron chi connectivity index (χ4n) is 3.27. The van der Waals surface area contributed by atoms with Crippen molar-refractivity contribution in [2.45, 2.75) is 13.8 Å². The van der Waals surface area contributed by atoms with Crippen molar-refractivity contribution < 1.29 is 14.3 Å². The van der Waals surface area contributed by atoms with Crippen molar-refractivity contribution in [3.8, 4) is 22.8 Å². The summed E-state index contributed by atoms with van der Waals surface area (Å²) < 4.78 is 12.2. The lowest BCUT2D eigenvalue weighted by atomic mass is 10.1. The Hall–Kier alpha value is -3.65. The molecule has 1 N–H and O–H groups in total. The molecule has 0 radical (unpaired) electrons. The smallest absolute Gasteiger partial charge is 0.271 e. The summed E-state index contributed by atoms with van der Waals surface area (Å²) in [6.45, 7) is 3.96. The standard InChI is InChI=1S/C23H21N3O4S/c1-13-5-6-15(9-14(13)2)25-21(27)18-11-24-23-26(22(18)28)19(12-31-23)17-10-16(29-3)7-8-20(17)30-4/h5-12H,1-4H3,(H,25,27). The van der Waals surface area contributed by atoms with Crippen LogP contribution in [0.2, 0.25) is 0 Å². The Balaban J connectivity index is 1.80. The third-order valence-electron chi connectivity index (χ3n) is 5.14. The molecule has 0 aliphatic rings. The number of aromatic nitrogens is 2. The van der Waals surface area contributed by atoms with Gasteiger partial charge in [-0.15, -0.1) is 11.3 Å². The summed E-state index contributed by atoms with van der Waals surface area (Å²) in [4.78, 5) is 31.0. The molecule has 0 unspecified atom stereocenters. The van der Waals surface area contributed by atoms with Crippen LogP contribution in [0.3, 0.4) is 0 Å². The van der Waals surface area contributed by atoms with E-state index in [-0.39, 0.29) is 5.56 Å². The summed E-state index contributed by atoms with van der Waals surface area (Å²) in [5.41, 5.74) is 3.55. The lowest BCUT2D eigenvalue weighted by molar-refractivity contribution is 0.102. The quantitative estimate of drug-likeness (QED) is 0.505. The molecule has 2 aromatic heterocycles. The molecule has 8 heteroatoms. The van der Waals surface area contributed by atoms with E-state index in [2.05, 4.69) is 10.3 Å². The molecule has 0 fully saturated rings. The predicted molar refractivity (Wildman–Crippen MR) is 122 cm³/mol. The fraction of sp³-hybridized carbons (Fsp3) is 0.174. The number of fused-ring (bicyclic) bond motifs is 1. The molecule has 0 saturated carbocycles. The number of rotatable bonds is 5. The molecular formula is C23H21N3O4S. The zero-order chi connectivity index (χ0) is 22.1. The molecule has 0 bridgehead atoms. The number of carbonyl (C=O) groups excluding carboxylic acids is 1. The van der Waals surface area contributed by atoms with Crippen molar-refractivity contribution in [2.24, 2.45) is 0 Å². The zero-order valence-corrected chi connectivity index (χ0v) is 18.4. The minimum Gasteiger partial charge on any atom is -0.497 e. The molecule has 4 rings (SSSR count). The van der Waals surface area contributed by atoms with Gasteiger partial charge in [0.25, 0.3) is 11.5 Å². The summed E-state index contributed by atoms with van der Waals surface area (Å²) >= 11 is 1.31. The second-order valence-corrected chi connectivity index (χ2v) is 7.87. The van der Waals surface area contributed by atoms with Crippen LogP contribution >= 0.6 is 11.3 Å². The van der Waals surface area contributed by atoms with Crippen LogP contribution in [-0.2, 0) is 0 Å². The van der Waals surface area contributed by atoms with Crippen LogP contribution in [0.25, 0.3) is 16.2 Å². The highest BCUT2D eigenvalue weighted by molar-refractivity contribution is 7.15. The van der Waals surface area contributed by atoms with Crippen LogP contribution in [0.15, 0.2) is 52.8 Å². The molecule has 7 nitrogen and oxygen atoms in total. The SMILES string of the molecule is COc1ccc(OC)c(-c2csc3ncc(C(=O)Nc4ccc(C)c(C)c4)c(=O)n23)c1. The number of thiazole rings is 1. The molecule has 0 aliphatic carbocycles. The molecule has 1 amide bonds. The summed E-state index contributed by atoms with van der Waals surface area (Å²) in [5.74, 6) is 0.696. The number of benzene rings is 2. The number of carbonyl (C=O) groups is 1. The van der Waals surface area contributed by atoms with Crippen LogP contribution in [-0.4, -0.2) is 29.5 Å². The van der Waals surface area contributed by atoms with Crippen molar-refractivity contribution >= 4 is 27.9 Å². The minimum atomic E-state index is -0.509. The van der Waals surface area contributed by atoms with E-state index in [0.717, 1.165) is 11.1 Å². The largest absolute Gasteiger partial charge is 0.497 e. The van der Waals surface area contributed by atoms with E-state index < -0.39 is 11.5 Å². The van der Waals surface area contributed by atoms with E-state index in [4.69, 9.17) is 9.47 Å². The predicted octanol–water partition coefficient (Wildman–Crippen LogP) is 4.31. The number of nitrogens with one attached hydrogen (secondary N) is 1. The van der Waals surface area contributed by atoms with Gasteiger partial charge in [-0.1, -0.05) is 6.07 Å². The molecule has 0 saturated heterocycles. The van der Waals surface area contributed by atoms with Gasteiger partial charge < -0.3 is 14.8 Å². The van der Waals surface area contributed by atoms with Crippen molar-refractivity contribution in [1.82, 2.24) is 9.38 Å². The number of hydrogen-bond donors (Lipinski definition) is 1. The average molecular weight is 436 g/mol. The highest BCUT2D eigenvalue weighted by Crippen LogP contribution is 2.35. The van der Waals surface area contributed by atoms with E-state index in [1.54, 1.807) is 38.5 Å².